The fourth-order valence-electron chi connectivity index (χ4n) is 2.00. The molecule has 6 heteroatoms. The van der Waals surface area contributed by atoms with E-state index in [4.69, 9.17) is 26.8 Å². The SMILES string of the molecule is NC(=O)c1ccc(Cl)nc1Oc1ccc(Oc2ccccc2)cc1. The van der Waals surface area contributed by atoms with Gasteiger partial charge in [0, 0.05) is 0 Å². The van der Waals surface area contributed by atoms with Gasteiger partial charge in [-0.15, -0.1) is 0 Å². The number of benzene rings is 2. The summed E-state index contributed by atoms with van der Waals surface area (Å²) in [6, 6.07) is 19.3. The quantitative estimate of drug-likeness (QED) is 0.698. The molecule has 0 spiro atoms. The van der Waals surface area contributed by atoms with E-state index in [0.717, 1.165) is 5.75 Å². The summed E-state index contributed by atoms with van der Waals surface area (Å²) in [4.78, 5) is 15.4. The summed E-state index contributed by atoms with van der Waals surface area (Å²) in [6.07, 6.45) is 0. The fraction of sp³-hybridized carbons (Fsp3) is 0. The first kappa shape index (κ1) is 15.8. The van der Waals surface area contributed by atoms with Crippen molar-refractivity contribution in [1.82, 2.24) is 4.98 Å². The first-order valence-corrected chi connectivity index (χ1v) is 7.47. The molecule has 2 aromatic carbocycles. The zero-order valence-corrected chi connectivity index (χ0v) is 13.2. The standard InChI is InChI=1S/C18H13ClN2O3/c19-16-11-10-15(17(20)22)18(21-16)24-14-8-6-13(7-9-14)23-12-4-2-1-3-5-12/h1-11H,(H2,20,22). The molecule has 3 rings (SSSR count). The Morgan fingerprint density at radius 3 is 2.04 bits per heavy atom. The van der Waals surface area contributed by atoms with Gasteiger partial charge in [0.15, 0.2) is 0 Å². The van der Waals surface area contributed by atoms with Crippen LogP contribution in [-0.2, 0) is 0 Å². The first-order chi connectivity index (χ1) is 11.6. The van der Waals surface area contributed by atoms with Crippen molar-refractivity contribution in [1.29, 1.82) is 0 Å². The first-order valence-electron chi connectivity index (χ1n) is 7.09. The third-order valence-electron chi connectivity index (χ3n) is 3.11. The molecule has 1 amide bonds. The molecule has 1 aromatic heterocycles. The topological polar surface area (TPSA) is 74.4 Å². The molecule has 5 nitrogen and oxygen atoms in total. The lowest BCUT2D eigenvalue weighted by Gasteiger charge is -2.09. The number of amides is 1. The molecule has 2 N–H and O–H groups in total. The average Bonchev–Trinajstić information content (AvgIpc) is 2.57. The number of nitrogens with zero attached hydrogens (tertiary/aromatic N) is 1. The minimum atomic E-state index is -0.641. The molecular weight excluding hydrogens is 328 g/mol. The molecule has 120 valence electrons. The van der Waals surface area contributed by atoms with Crippen molar-refractivity contribution in [3.8, 4) is 23.1 Å². The Morgan fingerprint density at radius 1 is 0.833 bits per heavy atom. The zero-order chi connectivity index (χ0) is 16.9. The van der Waals surface area contributed by atoms with Crippen molar-refractivity contribution in [3.63, 3.8) is 0 Å². The third-order valence-corrected chi connectivity index (χ3v) is 3.32. The maximum absolute atomic E-state index is 11.4. The number of halogens is 1. The van der Waals surface area contributed by atoms with Crippen LogP contribution in [0.25, 0.3) is 0 Å². The van der Waals surface area contributed by atoms with Gasteiger partial charge in [-0.2, -0.15) is 0 Å². The van der Waals surface area contributed by atoms with Crippen LogP contribution in [0.4, 0.5) is 0 Å². The summed E-state index contributed by atoms with van der Waals surface area (Å²) in [6.45, 7) is 0. The van der Waals surface area contributed by atoms with Gasteiger partial charge < -0.3 is 15.2 Å². The highest BCUT2D eigenvalue weighted by Crippen LogP contribution is 2.28. The molecule has 0 saturated heterocycles. The molecule has 0 aliphatic carbocycles. The maximum atomic E-state index is 11.4. The van der Waals surface area contributed by atoms with Crippen LogP contribution in [0.15, 0.2) is 66.7 Å². The molecule has 0 fully saturated rings. The van der Waals surface area contributed by atoms with Crippen molar-refractivity contribution in [2.75, 3.05) is 0 Å². The Morgan fingerprint density at radius 2 is 1.42 bits per heavy atom. The molecule has 0 unspecified atom stereocenters. The Hall–Kier alpha value is -3.05. The summed E-state index contributed by atoms with van der Waals surface area (Å²) in [5, 5.41) is 0.207. The maximum Gasteiger partial charge on any atom is 0.254 e. The molecule has 0 saturated carbocycles. The number of pyridine rings is 1. The second-order valence-corrected chi connectivity index (χ2v) is 5.23. The number of carbonyl (C=O) groups excluding carboxylic acids is 1. The Balaban J connectivity index is 1.77. The summed E-state index contributed by atoms with van der Waals surface area (Å²) in [5.74, 6) is 1.29. The Kier molecular flexibility index (Phi) is 4.63. The summed E-state index contributed by atoms with van der Waals surface area (Å²) in [7, 11) is 0. The van der Waals surface area contributed by atoms with Gasteiger partial charge in [-0.3, -0.25) is 4.79 Å². The summed E-state index contributed by atoms with van der Waals surface area (Å²) >= 11 is 5.84. The second-order valence-electron chi connectivity index (χ2n) is 4.84. The van der Waals surface area contributed by atoms with Crippen LogP contribution in [0.1, 0.15) is 10.4 Å². The van der Waals surface area contributed by atoms with Crippen LogP contribution in [-0.4, -0.2) is 10.9 Å². The fourth-order valence-corrected chi connectivity index (χ4v) is 2.13. The summed E-state index contributed by atoms with van der Waals surface area (Å²) < 4.78 is 11.3. The molecule has 3 aromatic rings. The number of primary amides is 1. The van der Waals surface area contributed by atoms with Crippen LogP contribution in [0.5, 0.6) is 23.1 Å². The number of para-hydroxylation sites is 1. The highest BCUT2D eigenvalue weighted by molar-refractivity contribution is 6.29. The van der Waals surface area contributed by atoms with Crippen molar-refractivity contribution in [2.24, 2.45) is 5.73 Å². The smallest absolute Gasteiger partial charge is 0.254 e. The van der Waals surface area contributed by atoms with Gasteiger partial charge in [0.25, 0.3) is 5.91 Å². The molecule has 0 aliphatic rings. The van der Waals surface area contributed by atoms with E-state index < -0.39 is 5.91 Å². The number of nitrogens with two attached hydrogens (primary N) is 1. The van der Waals surface area contributed by atoms with Crippen LogP contribution in [0.3, 0.4) is 0 Å². The van der Waals surface area contributed by atoms with E-state index in [-0.39, 0.29) is 16.6 Å². The monoisotopic (exact) mass is 340 g/mol. The highest BCUT2D eigenvalue weighted by atomic mass is 35.5. The van der Waals surface area contributed by atoms with Gasteiger partial charge in [-0.05, 0) is 48.5 Å². The largest absolute Gasteiger partial charge is 0.457 e. The number of hydrogen-bond donors (Lipinski definition) is 1. The minimum Gasteiger partial charge on any atom is -0.457 e. The van der Waals surface area contributed by atoms with Crippen LogP contribution >= 0.6 is 11.6 Å². The number of aromatic nitrogens is 1. The van der Waals surface area contributed by atoms with Crippen LogP contribution < -0.4 is 15.2 Å². The lowest BCUT2D eigenvalue weighted by Crippen LogP contribution is -2.13. The summed E-state index contributed by atoms with van der Waals surface area (Å²) in [5.41, 5.74) is 5.46. The molecular formula is C18H13ClN2O3. The lowest BCUT2D eigenvalue weighted by molar-refractivity contribution is 0.0997. The second kappa shape index (κ2) is 7.02. The van der Waals surface area contributed by atoms with E-state index in [1.807, 2.05) is 30.3 Å². The number of carbonyl (C=O) groups is 1. The van der Waals surface area contributed by atoms with Crippen LogP contribution in [0.2, 0.25) is 5.15 Å². The number of rotatable bonds is 5. The molecule has 1 heterocycles. The van der Waals surface area contributed by atoms with Gasteiger partial charge in [0.2, 0.25) is 5.88 Å². The van der Waals surface area contributed by atoms with Gasteiger partial charge in [-0.1, -0.05) is 29.8 Å². The van der Waals surface area contributed by atoms with E-state index in [1.54, 1.807) is 24.3 Å². The Bertz CT molecular complexity index is 852. The van der Waals surface area contributed by atoms with Crippen molar-refractivity contribution < 1.29 is 14.3 Å². The molecule has 0 aliphatic heterocycles. The molecule has 0 radical (unpaired) electrons. The van der Waals surface area contributed by atoms with E-state index in [0.29, 0.717) is 11.5 Å². The number of ether oxygens (including phenoxy) is 2. The normalized spacial score (nSPS) is 10.2. The van der Waals surface area contributed by atoms with Gasteiger partial charge in [0.05, 0.1) is 0 Å². The third kappa shape index (κ3) is 3.83. The van der Waals surface area contributed by atoms with E-state index in [1.165, 1.54) is 12.1 Å². The van der Waals surface area contributed by atoms with Gasteiger partial charge >= 0.3 is 0 Å². The van der Waals surface area contributed by atoms with Gasteiger partial charge in [-0.25, -0.2) is 4.98 Å². The zero-order valence-electron chi connectivity index (χ0n) is 12.5. The number of hydrogen-bond acceptors (Lipinski definition) is 4. The van der Waals surface area contributed by atoms with Crippen molar-refractivity contribution in [3.05, 3.63) is 77.4 Å². The van der Waals surface area contributed by atoms with Crippen molar-refractivity contribution >= 4 is 17.5 Å². The van der Waals surface area contributed by atoms with Crippen molar-refractivity contribution in [2.45, 2.75) is 0 Å². The predicted octanol–water partition coefficient (Wildman–Crippen LogP) is 4.42. The average molecular weight is 341 g/mol. The Labute approximate surface area is 143 Å². The minimum absolute atomic E-state index is 0.0618. The molecule has 24 heavy (non-hydrogen) atoms. The van der Waals surface area contributed by atoms with E-state index in [9.17, 15) is 4.79 Å². The lowest BCUT2D eigenvalue weighted by atomic mass is 10.2. The predicted molar refractivity (Wildman–Crippen MR) is 90.8 cm³/mol. The molecule has 0 atom stereocenters. The molecule has 0 bridgehead atoms. The van der Waals surface area contributed by atoms with E-state index in [2.05, 4.69) is 4.98 Å². The van der Waals surface area contributed by atoms with Crippen LogP contribution in [0, 0.1) is 0 Å². The van der Waals surface area contributed by atoms with E-state index >= 15 is 0 Å². The highest BCUT2D eigenvalue weighted by Gasteiger charge is 2.13. The van der Waals surface area contributed by atoms with Gasteiger partial charge in [0.1, 0.15) is 28.0 Å².